The molecule has 1 fully saturated rings. The van der Waals surface area contributed by atoms with E-state index in [9.17, 15) is 9.90 Å². The second-order valence-corrected chi connectivity index (χ2v) is 5.75. The van der Waals surface area contributed by atoms with Crippen LogP contribution in [-0.2, 0) is 18.5 Å². The molecule has 24 heavy (non-hydrogen) atoms. The van der Waals surface area contributed by atoms with Crippen molar-refractivity contribution in [3.05, 3.63) is 41.7 Å². The Morgan fingerprint density at radius 1 is 1.38 bits per heavy atom. The first kappa shape index (κ1) is 16.3. The lowest BCUT2D eigenvalue weighted by Gasteiger charge is -2.36. The van der Waals surface area contributed by atoms with Crippen LogP contribution in [0.5, 0.6) is 0 Å². The number of piperidine rings is 1. The first-order chi connectivity index (χ1) is 11.6. The van der Waals surface area contributed by atoms with E-state index >= 15 is 0 Å². The van der Waals surface area contributed by atoms with E-state index in [1.54, 1.807) is 7.05 Å². The standard InChI is InChI=1S/C15H20N6O3/c1-20-17-14(16-19-20)13-8-7-12(9-21(13)15(22)23)18-24-10-11-5-3-2-4-6-11/h2-6,12-13,18H,7-10H2,1H3,(H,22,23)/t12-,13+/m1/s1. The minimum Gasteiger partial charge on any atom is -0.465 e. The monoisotopic (exact) mass is 332 g/mol. The normalized spacial score (nSPS) is 21.0. The highest BCUT2D eigenvalue weighted by Crippen LogP contribution is 2.28. The van der Waals surface area contributed by atoms with Crippen molar-refractivity contribution < 1.29 is 14.7 Å². The van der Waals surface area contributed by atoms with Crippen LogP contribution in [0, 0.1) is 0 Å². The third kappa shape index (κ3) is 3.87. The molecule has 1 aromatic heterocycles. The fourth-order valence-electron chi connectivity index (χ4n) is 2.80. The quantitative estimate of drug-likeness (QED) is 0.790. The summed E-state index contributed by atoms with van der Waals surface area (Å²) in [5.74, 6) is 0.434. The van der Waals surface area contributed by atoms with Crippen LogP contribution >= 0.6 is 0 Å². The lowest BCUT2D eigenvalue weighted by atomic mass is 9.99. The Morgan fingerprint density at radius 2 is 2.17 bits per heavy atom. The Balaban J connectivity index is 1.56. The highest BCUT2D eigenvalue weighted by atomic mass is 16.6. The number of likely N-dealkylation sites (tertiary alicyclic amines) is 1. The largest absolute Gasteiger partial charge is 0.465 e. The van der Waals surface area contributed by atoms with Gasteiger partial charge in [-0.3, -0.25) is 9.74 Å². The molecule has 3 rings (SSSR count). The van der Waals surface area contributed by atoms with E-state index in [0.717, 1.165) is 12.0 Å². The van der Waals surface area contributed by atoms with Gasteiger partial charge in [0.1, 0.15) is 0 Å². The number of aromatic nitrogens is 4. The molecule has 9 heteroatoms. The number of hydroxylamine groups is 1. The van der Waals surface area contributed by atoms with E-state index in [2.05, 4.69) is 20.9 Å². The van der Waals surface area contributed by atoms with Gasteiger partial charge in [-0.1, -0.05) is 30.3 Å². The molecular formula is C15H20N6O3. The predicted molar refractivity (Wildman–Crippen MR) is 83.7 cm³/mol. The van der Waals surface area contributed by atoms with Gasteiger partial charge in [0.25, 0.3) is 0 Å². The molecule has 128 valence electrons. The Bertz CT molecular complexity index is 677. The smallest absolute Gasteiger partial charge is 0.407 e. The summed E-state index contributed by atoms with van der Waals surface area (Å²) in [4.78, 5) is 19.7. The number of amides is 1. The second kappa shape index (κ2) is 7.37. The number of nitrogens with one attached hydrogen (secondary N) is 1. The Kier molecular flexibility index (Phi) is 5.02. The number of rotatable bonds is 5. The van der Waals surface area contributed by atoms with Crippen molar-refractivity contribution >= 4 is 6.09 Å². The summed E-state index contributed by atoms with van der Waals surface area (Å²) < 4.78 is 0. The minimum absolute atomic E-state index is 0.0715. The maximum absolute atomic E-state index is 11.6. The SMILES string of the molecule is Cn1nnc([C@@H]2CC[C@@H](NOCc3ccccc3)CN2C(=O)O)n1. The maximum Gasteiger partial charge on any atom is 0.407 e. The van der Waals surface area contributed by atoms with Gasteiger partial charge in [-0.2, -0.15) is 10.3 Å². The molecule has 2 aromatic rings. The molecule has 0 unspecified atom stereocenters. The summed E-state index contributed by atoms with van der Waals surface area (Å²) in [5, 5.41) is 21.3. The number of carboxylic acid groups (broad SMARTS) is 1. The summed E-state index contributed by atoms with van der Waals surface area (Å²) in [6.45, 7) is 0.743. The average molecular weight is 332 g/mol. The Morgan fingerprint density at radius 3 is 2.83 bits per heavy atom. The number of hydrogen-bond donors (Lipinski definition) is 2. The van der Waals surface area contributed by atoms with Crippen LogP contribution in [0.3, 0.4) is 0 Å². The molecule has 2 atom stereocenters. The number of benzene rings is 1. The first-order valence-corrected chi connectivity index (χ1v) is 7.78. The topological polar surface area (TPSA) is 105 Å². The van der Waals surface area contributed by atoms with Gasteiger partial charge in [-0.15, -0.1) is 10.2 Å². The fourth-order valence-corrected chi connectivity index (χ4v) is 2.80. The van der Waals surface area contributed by atoms with E-state index in [0.29, 0.717) is 25.4 Å². The molecule has 0 aliphatic carbocycles. The van der Waals surface area contributed by atoms with Crippen molar-refractivity contribution in [1.82, 2.24) is 30.6 Å². The van der Waals surface area contributed by atoms with Crippen LogP contribution < -0.4 is 5.48 Å². The van der Waals surface area contributed by atoms with E-state index in [1.165, 1.54) is 9.70 Å². The zero-order chi connectivity index (χ0) is 16.9. The van der Waals surface area contributed by atoms with E-state index in [1.807, 2.05) is 30.3 Å². The van der Waals surface area contributed by atoms with E-state index in [4.69, 9.17) is 4.84 Å². The average Bonchev–Trinajstić information content (AvgIpc) is 3.02. The van der Waals surface area contributed by atoms with Crippen LogP contribution in [0.2, 0.25) is 0 Å². The molecule has 0 saturated carbocycles. The fraction of sp³-hybridized carbons (Fsp3) is 0.467. The van der Waals surface area contributed by atoms with Crippen LogP contribution in [0.25, 0.3) is 0 Å². The first-order valence-electron chi connectivity index (χ1n) is 7.78. The van der Waals surface area contributed by atoms with Crippen molar-refractivity contribution in [3.8, 4) is 0 Å². The van der Waals surface area contributed by atoms with Crippen molar-refractivity contribution in [3.63, 3.8) is 0 Å². The van der Waals surface area contributed by atoms with E-state index < -0.39 is 6.09 Å². The van der Waals surface area contributed by atoms with Crippen molar-refractivity contribution in [2.45, 2.75) is 31.5 Å². The lowest BCUT2D eigenvalue weighted by molar-refractivity contribution is -0.0215. The molecule has 1 aliphatic heterocycles. The molecule has 1 amide bonds. The minimum atomic E-state index is -0.998. The Hall–Kier alpha value is -2.52. The van der Waals surface area contributed by atoms with Gasteiger partial charge in [0.05, 0.1) is 25.7 Å². The van der Waals surface area contributed by atoms with Crippen LogP contribution in [0.15, 0.2) is 30.3 Å². The van der Waals surface area contributed by atoms with Crippen LogP contribution in [0.4, 0.5) is 4.79 Å². The number of nitrogens with zero attached hydrogens (tertiary/aromatic N) is 5. The zero-order valence-electron chi connectivity index (χ0n) is 13.4. The molecule has 0 bridgehead atoms. The third-order valence-corrected chi connectivity index (χ3v) is 3.98. The van der Waals surface area contributed by atoms with Gasteiger partial charge in [-0.05, 0) is 23.6 Å². The maximum atomic E-state index is 11.6. The summed E-state index contributed by atoms with van der Waals surface area (Å²) in [7, 11) is 1.66. The molecule has 1 aliphatic rings. The van der Waals surface area contributed by atoms with Crippen LogP contribution in [-0.4, -0.2) is 48.9 Å². The highest BCUT2D eigenvalue weighted by molar-refractivity contribution is 5.65. The van der Waals surface area contributed by atoms with Gasteiger partial charge in [0.15, 0.2) is 5.82 Å². The molecule has 0 spiro atoms. The lowest BCUT2D eigenvalue weighted by Crippen LogP contribution is -2.49. The summed E-state index contributed by atoms with van der Waals surface area (Å²) >= 11 is 0. The van der Waals surface area contributed by atoms with Gasteiger partial charge < -0.3 is 5.11 Å². The van der Waals surface area contributed by atoms with Gasteiger partial charge in [0.2, 0.25) is 0 Å². The summed E-state index contributed by atoms with van der Waals surface area (Å²) in [6.07, 6.45) is 0.383. The van der Waals surface area contributed by atoms with Crippen molar-refractivity contribution in [2.75, 3.05) is 6.54 Å². The number of hydrogen-bond acceptors (Lipinski definition) is 6. The van der Waals surface area contributed by atoms with Gasteiger partial charge in [0, 0.05) is 6.54 Å². The van der Waals surface area contributed by atoms with Gasteiger partial charge >= 0.3 is 6.09 Å². The summed E-state index contributed by atoms with van der Waals surface area (Å²) in [5.41, 5.74) is 4.02. The molecule has 1 aromatic carbocycles. The number of carbonyl (C=O) groups is 1. The summed E-state index contributed by atoms with van der Waals surface area (Å²) in [6, 6.07) is 9.35. The molecule has 2 N–H and O–H groups in total. The zero-order valence-corrected chi connectivity index (χ0v) is 13.4. The molecule has 9 nitrogen and oxygen atoms in total. The molecule has 2 heterocycles. The second-order valence-electron chi connectivity index (χ2n) is 5.75. The number of tetrazole rings is 1. The van der Waals surface area contributed by atoms with Crippen LogP contribution in [0.1, 0.15) is 30.3 Å². The third-order valence-electron chi connectivity index (χ3n) is 3.98. The molecule has 0 radical (unpaired) electrons. The van der Waals surface area contributed by atoms with E-state index in [-0.39, 0.29) is 12.1 Å². The Labute approximate surface area is 139 Å². The number of aryl methyl sites for hydroxylation is 1. The van der Waals surface area contributed by atoms with Crippen molar-refractivity contribution in [2.24, 2.45) is 7.05 Å². The molecule has 1 saturated heterocycles. The van der Waals surface area contributed by atoms with Crippen molar-refractivity contribution in [1.29, 1.82) is 0 Å². The highest BCUT2D eigenvalue weighted by Gasteiger charge is 2.35. The molecular weight excluding hydrogens is 312 g/mol. The predicted octanol–water partition coefficient (Wildman–Crippen LogP) is 1.11. The van der Waals surface area contributed by atoms with Gasteiger partial charge in [-0.25, -0.2) is 4.79 Å².